The first-order valence-corrected chi connectivity index (χ1v) is 17.9. The van der Waals surface area contributed by atoms with Crippen LogP contribution in [0.3, 0.4) is 0 Å². The highest BCUT2D eigenvalue weighted by atomic mass is 16.6. The molecule has 1 saturated heterocycles. The molecule has 0 amide bonds. The summed E-state index contributed by atoms with van der Waals surface area (Å²) in [6, 6.07) is 22.5. The predicted molar refractivity (Wildman–Crippen MR) is 194 cm³/mol. The van der Waals surface area contributed by atoms with Crippen LogP contribution in [-0.2, 0) is 19.1 Å². The normalized spacial score (nSPS) is 13.8. The molecule has 266 valence electrons. The molecule has 8 heteroatoms. The van der Waals surface area contributed by atoms with Crippen molar-refractivity contribution in [2.45, 2.75) is 89.6 Å². The van der Waals surface area contributed by atoms with Crippen molar-refractivity contribution in [2.75, 3.05) is 19.8 Å². The summed E-state index contributed by atoms with van der Waals surface area (Å²) in [6.07, 6.45) is 14.3. The molecule has 4 rings (SSSR count). The second kappa shape index (κ2) is 21.3. The first-order valence-electron chi connectivity index (χ1n) is 17.9. The number of rotatable bonds is 23. The molecule has 0 radical (unpaired) electrons. The van der Waals surface area contributed by atoms with Gasteiger partial charge in [0.05, 0.1) is 25.4 Å². The van der Waals surface area contributed by atoms with Gasteiger partial charge in [0.1, 0.15) is 23.4 Å². The third kappa shape index (κ3) is 13.6. The Labute approximate surface area is 296 Å². The van der Waals surface area contributed by atoms with Crippen LogP contribution in [0.1, 0.15) is 93.8 Å². The monoisotopic (exact) mass is 682 g/mol. The zero-order valence-corrected chi connectivity index (χ0v) is 29.1. The van der Waals surface area contributed by atoms with Gasteiger partial charge in [0, 0.05) is 18.1 Å². The Morgan fingerprint density at radius 1 is 0.660 bits per heavy atom. The summed E-state index contributed by atoms with van der Waals surface area (Å²) in [5.41, 5.74) is 3.09. The Morgan fingerprint density at radius 3 is 1.66 bits per heavy atom. The van der Waals surface area contributed by atoms with E-state index in [1.807, 2.05) is 36.4 Å². The van der Waals surface area contributed by atoms with Crippen LogP contribution in [-0.4, -0.2) is 43.8 Å². The van der Waals surface area contributed by atoms with E-state index in [9.17, 15) is 14.4 Å². The molecular weight excluding hydrogens is 632 g/mol. The van der Waals surface area contributed by atoms with Crippen LogP contribution >= 0.6 is 0 Å². The van der Waals surface area contributed by atoms with Gasteiger partial charge in [-0.25, -0.2) is 14.4 Å². The number of benzene rings is 3. The molecule has 1 aliphatic rings. The number of ether oxygens (including phenoxy) is 5. The third-order valence-corrected chi connectivity index (χ3v) is 8.54. The summed E-state index contributed by atoms with van der Waals surface area (Å²) in [5.74, 6) is 1.000. The summed E-state index contributed by atoms with van der Waals surface area (Å²) >= 11 is 0. The lowest BCUT2D eigenvalue weighted by Crippen LogP contribution is -2.08. The topological polar surface area (TPSA) is 97.4 Å². The maximum absolute atomic E-state index is 12.7. The van der Waals surface area contributed by atoms with Gasteiger partial charge in [0.2, 0.25) is 0 Å². The Hall–Kier alpha value is -4.85. The minimum atomic E-state index is -0.425. The molecule has 50 heavy (non-hydrogen) atoms. The Kier molecular flexibility index (Phi) is 16.2. The summed E-state index contributed by atoms with van der Waals surface area (Å²) in [5, 5.41) is 0. The molecule has 1 unspecified atom stereocenters. The van der Waals surface area contributed by atoms with Gasteiger partial charge in [0.15, 0.2) is 0 Å². The molecule has 0 aromatic heterocycles. The Balaban J connectivity index is 1.06. The van der Waals surface area contributed by atoms with Crippen LogP contribution in [0.5, 0.6) is 17.2 Å². The summed E-state index contributed by atoms with van der Waals surface area (Å²) in [6.45, 7) is 8.87. The maximum Gasteiger partial charge on any atom is 0.343 e. The molecule has 0 saturated carbocycles. The quantitative estimate of drug-likeness (QED) is 0.0422. The largest absolute Gasteiger partial charge is 0.494 e. The van der Waals surface area contributed by atoms with Crippen LogP contribution in [0.25, 0.3) is 11.1 Å². The average molecular weight is 683 g/mol. The minimum absolute atomic E-state index is 0.00938. The summed E-state index contributed by atoms with van der Waals surface area (Å²) < 4.78 is 27.6. The second-order valence-electron chi connectivity index (χ2n) is 12.5. The van der Waals surface area contributed by atoms with E-state index in [2.05, 4.69) is 13.2 Å². The molecule has 0 spiro atoms. The summed E-state index contributed by atoms with van der Waals surface area (Å²) in [4.78, 5) is 35.1. The molecular formula is C42H50O8. The highest BCUT2D eigenvalue weighted by Crippen LogP contribution is 2.26. The third-order valence-electron chi connectivity index (χ3n) is 8.54. The van der Waals surface area contributed by atoms with E-state index in [0.717, 1.165) is 81.1 Å². The zero-order chi connectivity index (χ0) is 35.4. The SMILES string of the molecule is C=CC(=O)OCCCCCCCCCOc1ccc(-c2ccc(OC(=O)c3ccc(OCCCCCCC4CC(=C)C(=O)O4)cc3)cc2)cc1. The van der Waals surface area contributed by atoms with Crippen molar-refractivity contribution in [3.05, 3.63) is 103 Å². The van der Waals surface area contributed by atoms with E-state index >= 15 is 0 Å². The Morgan fingerprint density at radius 2 is 1.14 bits per heavy atom. The minimum Gasteiger partial charge on any atom is -0.494 e. The van der Waals surface area contributed by atoms with Crippen LogP contribution in [0.15, 0.2) is 97.6 Å². The van der Waals surface area contributed by atoms with Crippen molar-refractivity contribution < 1.29 is 38.1 Å². The fourth-order valence-electron chi connectivity index (χ4n) is 5.64. The fourth-order valence-corrected chi connectivity index (χ4v) is 5.64. The predicted octanol–water partition coefficient (Wildman–Crippen LogP) is 9.61. The Bertz CT molecular complexity index is 1490. The van der Waals surface area contributed by atoms with Crippen molar-refractivity contribution in [1.82, 2.24) is 0 Å². The lowest BCUT2D eigenvalue weighted by Gasteiger charge is -2.10. The summed E-state index contributed by atoms with van der Waals surface area (Å²) in [7, 11) is 0. The molecule has 1 atom stereocenters. The molecule has 3 aromatic carbocycles. The van der Waals surface area contributed by atoms with E-state index in [4.69, 9.17) is 23.7 Å². The number of esters is 3. The smallest absolute Gasteiger partial charge is 0.343 e. The highest BCUT2D eigenvalue weighted by Gasteiger charge is 2.26. The number of carbonyl (C=O) groups excluding carboxylic acids is 3. The van der Waals surface area contributed by atoms with Crippen LogP contribution < -0.4 is 14.2 Å². The van der Waals surface area contributed by atoms with E-state index in [-0.39, 0.29) is 18.0 Å². The van der Waals surface area contributed by atoms with Crippen LogP contribution in [0, 0.1) is 0 Å². The number of cyclic esters (lactones) is 1. The molecule has 1 heterocycles. The number of hydrogen-bond acceptors (Lipinski definition) is 8. The van der Waals surface area contributed by atoms with E-state index in [0.29, 0.717) is 48.9 Å². The van der Waals surface area contributed by atoms with Gasteiger partial charge in [-0.1, -0.05) is 82.4 Å². The standard InChI is InChI=1S/C42H50O8/c1-3-40(43)48-30-14-9-6-4-5-8-12-28-46-36-22-16-33(17-23-36)34-18-26-38(27-19-34)49-42(45)35-20-24-37(25-21-35)47-29-13-10-7-11-15-39-31-32(2)41(44)50-39/h3,16-27,39H,1-2,4-15,28-31H2. The van der Waals surface area contributed by atoms with E-state index < -0.39 is 5.97 Å². The number of carbonyl (C=O) groups is 3. The lowest BCUT2D eigenvalue weighted by molar-refractivity contribution is -0.139. The molecule has 8 nitrogen and oxygen atoms in total. The van der Waals surface area contributed by atoms with Crippen LogP contribution in [0.2, 0.25) is 0 Å². The number of unbranched alkanes of at least 4 members (excludes halogenated alkanes) is 9. The van der Waals surface area contributed by atoms with E-state index in [1.165, 1.54) is 18.9 Å². The van der Waals surface area contributed by atoms with Crippen molar-refractivity contribution >= 4 is 17.9 Å². The van der Waals surface area contributed by atoms with Gasteiger partial charge in [-0.05, 0) is 91.8 Å². The van der Waals surface area contributed by atoms with Gasteiger partial charge in [-0.2, -0.15) is 0 Å². The number of hydrogen-bond donors (Lipinski definition) is 0. The molecule has 0 aliphatic carbocycles. The van der Waals surface area contributed by atoms with E-state index in [1.54, 1.807) is 36.4 Å². The molecule has 1 fully saturated rings. The van der Waals surface area contributed by atoms with Crippen molar-refractivity contribution in [3.8, 4) is 28.4 Å². The van der Waals surface area contributed by atoms with Crippen LogP contribution in [0.4, 0.5) is 0 Å². The first kappa shape index (κ1) is 38.0. The molecule has 3 aromatic rings. The first-order chi connectivity index (χ1) is 24.4. The fraction of sp³-hybridized carbons (Fsp3) is 0.405. The van der Waals surface area contributed by atoms with Gasteiger partial charge >= 0.3 is 17.9 Å². The molecule has 0 N–H and O–H groups in total. The van der Waals surface area contributed by atoms with Gasteiger partial charge in [-0.3, -0.25) is 0 Å². The second-order valence-corrected chi connectivity index (χ2v) is 12.5. The maximum atomic E-state index is 12.7. The zero-order valence-electron chi connectivity index (χ0n) is 29.1. The highest BCUT2D eigenvalue weighted by molar-refractivity contribution is 5.91. The molecule has 1 aliphatic heterocycles. The average Bonchev–Trinajstić information content (AvgIpc) is 3.46. The van der Waals surface area contributed by atoms with Gasteiger partial charge in [-0.15, -0.1) is 0 Å². The molecule has 0 bridgehead atoms. The lowest BCUT2D eigenvalue weighted by atomic mass is 10.1. The van der Waals surface area contributed by atoms with Gasteiger partial charge in [0.25, 0.3) is 0 Å². The van der Waals surface area contributed by atoms with Crippen molar-refractivity contribution in [1.29, 1.82) is 0 Å². The van der Waals surface area contributed by atoms with Crippen molar-refractivity contribution in [2.24, 2.45) is 0 Å². The van der Waals surface area contributed by atoms with Crippen molar-refractivity contribution in [3.63, 3.8) is 0 Å². The van der Waals surface area contributed by atoms with Gasteiger partial charge < -0.3 is 23.7 Å².